The Morgan fingerprint density at radius 1 is 1.06 bits per heavy atom. The van der Waals surface area contributed by atoms with Gasteiger partial charge in [-0.05, 0) is 32.3 Å². The number of hydrogen-bond donors (Lipinski definition) is 1. The Hall–Kier alpha value is -2.19. The highest BCUT2D eigenvalue weighted by Gasteiger charge is 2.74. The van der Waals surface area contributed by atoms with E-state index in [0.717, 1.165) is 25.7 Å². The number of rotatable bonds is 4. The van der Waals surface area contributed by atoms with Crippen molar-refractivity contribution in [2.24, 2.45) is 11.8 Å². The maximum absolute atomic E-state index is 14.1. The summed E-state index contributed by atoms with van der Waals surface area (Å²) in [6.45, 7) is 2.58. The maximum atomic E-state index is 14.1. The number of fused-ring (bicyclic) bond motifs is 2. The van der Waals surface area contributed by atoms with Gasteiger partial charge in [0.05, 0.1) is 11.5 Å². The molecule has 174 valence electrons. The lowest BCUT2D eigenvalue weighted by Gasteiger charge is -2.40. The molecule has 0 aromatic rings. The van der Waals surface area contributed by atoms with Gasteiger partial charge in [-0.25, -0.2) is 0 Å². The number of likely N-dealkylation sites (tertiary alicyclic amines) is 1. The van der Waals surface area contributed by atoms with E-state index in [9.17, 15) is 19.5 Å². The molecule has 4 heterocycles. The zero-order valence-electron chi connectivity index (χ0n) is 18.6. The van der Waals surface area contributed by atoms with Crippen LogP contribution in [0, 0.1) is 11.8 Å². The molecule has 4 aliphatic heterocycles. The molecule has 1 spiro atoms. The number of carbonyl (C=O) groups excluding carboxylic acids is 3. The van der Waals surface area contributed by atoms with Crippen LogP contribution in [0.2, 0.25) is 0 Å². The summed E-state index contributed by atoms with van der Waals surface area (Å²) in [7, 11) is 0. The second-order valence-corrected chi connectivity index (χ2v) is 9.82. The predicted molar refractivity (Wildman–Crippen MR) is 114 cm³/mol. The van der Waals surface area contributed by atoms with Crippen LogP contribution in [0.3, 0.4) is 0 Å². The smallest absolute Gasteiger partial charge is 0.313 e. The number of carbonyl (C=O) groups is 3. The van der Waals surface area contributed by atoms with E-state index in [1.165, 1.54) is 6.42 Å². The molecule has 5 aliphatic rings. The first-order valence-corrected chi connectivity index (χ1v) is 11.9. The molecule has 0 aromatic heterocycles. The van der Waals surface area contributed by atoms with Crippen molar-refractivity contribution in [3.63, 3.8) is 0 Å². The van der Waals surface area contributed by atoms with Crippen LogP contribution in [-0.4, -0.2) is 82.3 Å². The lowest BCUT2D eigenvalue weighted by Crippen LogP contribution is -2.57. The van der Waals surface area contributed by atoms with Crippen molar-refractivity contribution in [3.8, 4) is 0 Å². The summed E-state index contributed by atoms with van der Waals surface area (Å²) in [6, 6.07) is -0.700. The van der Waals surface area contributed by atoms with E-state index in [1.54, 1.807) is 24.0 Å². The van der Waals surface area contributed by atoms with Gasteiger partial charge in [0.2, 0.25) is 11.8 Å². The van der Waals surface area contributed by atoms with Crippen molar-refractivity contribution in [1.29, 1.82) is 0 Å². The second-order valence-electron chi connectivity index (χ2n) is 9.82. The summed E-state index contributed by atoms with van der Waals surface area (Å²) in [5.74, 6) is -2.52. The van der Waals surface area contributed by atoms with Crippen LogP contribution in [-0.2, 0) is 23.9 Å². The maximum Gasteiger partial charge on any atom is 0.313 e. The molecular formula is C24H32N2O6. The average Bonchev–Trinajstić information content (AvgIpc) is 3.03. The standard InChI is InChI=1S/C24H32N2O6/c1-23-10-6-15-31-22(30)18(23)17-20(28)26(13-7-14-27)19-21(29)25(16-8-3-2-4-9-16)12-5-11-24(17,19)32-23/h5-6,10-11,16-19,27H,2-4,7-9,12-15H2,1H3/t17-,18+,19?,23-,24-/m0/s1. The highest BCUT2D eigenvalue weighted by molar-refractivity contribution is 5.99. The molecule has 1 unspecified atom stereocenters. The van der Waals surface area contributed by atoms with Crippen LogP contribution < -0.4 is 0 Å². The minimum Gasteiger partial charge on any atom is -0.461 e. The summed E-state index contributed by atoms with van der Waals surface area (Å²) in [5, 5.41) is 9.43. The molecule has 2 saturated heterocycles. The molecule has 8 nitrogen and oxygen atoms in total. The molecule has 1 N–H and O–H groups in total. The van der Waals surface area contributed by atoms with Gasteiger partial charge in [0.15, 0.2) is 0 Å². The summed E-state index contributed by atoms with van der Waals surface area (Å²) < 4.78 is 12.0. The molecule has 3 fully saturated rings. The number of cyclic esters (lactones) is 1. The van der Waals surface area contributed by atoms with E-state index in [1.807, 2.05) is 17.1 Å². The molecule has 5 rings (SSSR count). The van der Waals surface area contributed by atoms with E-state index in [-0.39, 0.29) is 37.6 Å². The fourth-order valence-electron chi connectivity index (χ4n) is 6.57. The van der Waals surface area contributed by atoms with Gasteiger partial charge in [-0.15, -0.1) is 0 Å². The Labute approximate surface area is 188 Å². The Balaban J connectivity index is 1.59. The van der Waals surface area contributed by atoms with Crippen molar-refractivity contribution >= 4 is 17.8 Å². The molecule has 2 amide bonds. The number of ether oxygens (including phenoxy) is 2. The zero-order chi connectivity index (χ0) is 22.5. The average molecular weight is 445 g/mol. The number of hydrogen-bond acceptors (Lipinski definition) is 6. The van der Waals surface area contributed by atoms with Crippen LogP contribution in [0.1, 0.15) is 45.4 Å². The first kappa shape index (κ1) is 21.6. The zero-order valence-corrected chi connectivity index (χ0v) is 18.6. The number of esters is 1. The third kappa shape index (κ3) is 3.06. The van der Waals surface area contributed by atoms with Crippen molar-refractivity contribution in [2.45, 2.75) is 68.7 Å². The van der Waals surface area contributed by atoms with Gasteiger partial charge >= 0.3 is 5.97 Å². The number of nitrogens with zero attached hydrogens (tertiary/aromatic N) is 2. The molecule has 1 saturated carbocycles. The lowest BCUT2D eigenvalue weighted by atomic mass is 9.74. The van der Waals surface area contributed by atoms with Gasteiger partial charge in [0.25, 0.3) is 0 Å². The van der Waals surface area contributed by atoms with E-state index in [2.05, 4.69) is 0 Å². The second kappa shape index (κ2) is 7.99. The monoisotopic (exact) mass is 444 g/mol. The Morgan fingerprint density at radius 3 is 2.59 bits per heavy atom. The summed E-state index contributed by atoms with van der Waals surface area (Å²) >= 11 is 0. The fourth-order valence-corrected chi connectivity index (χ4v) is 6.57. The molecule has 8 heteroatoms. The third-order valence-electron chi connectivity index (χ3n) is 7.92. The van der Waals surface area contributed by atoms with E-state index >= 15 is 0 Å². The van der Waals surface area contributed by atoms with Gasteiger partial charge in [-0.1, -0.05) is 37.5 Å². The third-order valence-corrected chi connectivity index (χ3v) is 7.92. The number of amides is 2. The minimum absolute atomic E-state index is 0.0860. The van der Waals surface area contributed by atoms with Gasteiger partial charge in [-0.2, -0.15) is 0 Å². The molecule has 5 atom stereocenters. The van der Waals surface area contributed by atoms with Crippen molar-refractivity contribution in [2.75, 3.05) is 26.3 Å². The molecule has 0 aromatic carbocycles. The highest BCUT2D eigenvalue weighted by Crippen LogP contribution is 2.57. The summed E-state index contributed by atoms with van der Waals surface area (Å²) in [5.41, 5.74) is -2.26. The molecule has 0 radical (unpaired) electrons. The van der Waals surface area contributed by atoms with E-state index in [0.29, 0.717) is 13.0 Å². The van der Waals surface area contributed by atoms with Gasteiger partial charge in [0, 0.05) is 25.7 Å². The van der Waals surface area contributed by atoms with Crippen molar-refractivity contribution in [1.82, 2.24) is 9.80 Å². The molecule has 0 bridgehead atoms. The van der Waals surface area contributed by atoms with E-state index in [4.69, 9.17) is 9.47 Å². The van der Waals surface area contributed by atoms with Gasteiger partial charge in [-0.3, -0.25) is 14.4 Å². The van der Waals surface area contributed by atoms with Crippen LogP contribution in [0.15, 0.2) is 24.3 Å². The number of aliphatic hydroxyl groups is 1. The van der Waals surface area contributed by atoms with E-state index < -0.39 is 35.0 Å². The minimum atomic E-state index is -1.23. The summed E-state index contributed by atoms with van der Waals surface area (Å²) in [4.78, 5) is 44.3. The molecule has 1 aliphatic carbocycles. The lowest BCUT2D eigenvalue weighted by molar-refractivity contribution is -0.158. The van der Waals surface area contributed by atoms with Crippen molar-refractivity contribution < 1.29 is 29.0 Å². The Kier molecular flexibility index (Phi) is 5.40. The highest BCUT2D eigenvalue weighted by atomic mass is 16.6. The molecule has 32 heavy (non-hydrogen) atoms. The number of aliphatic hydroxyl groups excluding tert-OH is 1. The Morgan fingerprint density at radius 2 is 1.84 bits per heavy atom. The van der Waals surface area contributed by atoms with Crippen LogP contribution in [0.25, 0.3) is 0 Å². The Bertz CT molecular complexity index is 865. The van der Waals surface area contributed by atoms with Crippen LogP contribution in [0.5, 0.6) is 0 Å². The van der Waals surface area contributed by atoms with Crippen LogP contribution in [0.4, 0.5) is 0 Å². The largest absolute Gasteiger partial charge is 0.461 e. The first-order valence-electron chi connectivity index (χ1n) is 11.9. The normalized spacial score (nSPS) is 39.4. The first-order chi connectivity index (χ1) is 15.4. The fraction of sp³-hybridized carbons (Fsp3) is 0.708. The van der Waals surface area contributed by atoms with Gasteiger partial charge < -0.3 is 24.4 Å². The summed E-state index contributed by atoms with van der Waals surface area (Å²) in [6.07, 6.45) is 13.0. The molecular weight excluding hydrogens is 412 g/mol. The predicted octanol–water partition coefficient (Wildman–Crippen LogP) is 1.18. The van der Waals surface area contributed by atoms with Crippen molar-refractivity contribution in [3.05, 3.63) is 24.3 Å². The quantitative estimate of drug-likeness (QED) is 0.517. The SMILES string of the molecule is C[C@]12C=CCOC(=O)[C@H]1[C@H]1C(=O)N(CCCO)C3C(=O)N(C4CCCCC4)CC=C[C@@]31O2. The van der Waals surface area contributed by atoms with Gasteiger partial charge in [0.1, 0.15) is 24.2 Å². The van der Waals surface area contributed by atoms with Crippen LogP contribution >= 0.6 is 0 Å². The topological polar surface area (TPSA) is 96.4 Å².